The summed E-state index contributed by atoms with van der Waals surface area (Å²) >= 11 is 10.8. The molecule has 0 spiro atoms. The van der Waals surface area contributed by atoms with Gasteiger partial charge in [-0.3, -0.25) is 18.4 Å². The van der Waals surface area contributed by atoms with Crippen LogP contribution in [-0.4, -0.2) is 126 Å². The monoisotopic (exact) mass is 931 g/mol. The largest absolute Gasteiger partial charge is 0.466 e. The zero-order valence-corrected chi connectivity index (χ0v) is 37.5. The number of aliphatic hydroxyl groups is 1. The van der Waals surface area contributed by atoms with E-state index in [0.717, 1.165) is 48.4 Å². The minimum absolute atomic E-state index is 0.00174. The molecule has 4 aromatic rings. The molecule has 0 amide bonds. The molecule has 6 N–H and O–H groups in total. The summed E-state index contributed by atoms with van der Waals surface area (Å²) in [6, 6.07) is 0.879. The molecule has 10 atom stereocenters. The number of hydrogen-bond donors (Lipinski definition) is 5. The number of nitrogen functional groups attached to an aromatic ring is 1. The molecule has 0 saturated carbocycles. The Labute approximate surface area is 355 Å². The molecule has 2 unspecified atom stereocenters. The van der Waals surface area contributed by atoms with Crippen LogP contribution in [0.4, 0.5) is 16.2 Å². The van der Waals surface area contributed by atoms with E-state index in [9.17, 15) is 19.7 Å². The predicted molar refractivity (Wildman–Crippen MR) is 224 cm³/mol. The first-order valence-corrected chi connectivity index (χ1v) is 28.5. The number of aliphatic hydroxyl groups excluding tert-OH is 1. The molecule has 26 heteroatoms. The number of nitrogens with zero attached hydrogens (tertiary/aromatic N) is 7. The summed E-state index contributed by atoms with van der Waals surface area (Å²) in [5, 5.41) is 15.6. The highest BCUT2D eigenvalue weighted by molar-refractivity contribution is 8.07. The molecule has 3 saturated heterocycles. The molecule has 3 fully saturated rings. The lowest BCUT2D eigenvalue weighted by Crippen LogP contribution is -2.36. The normalized spacial score (nSPS) is 32.5. The number of anilines is 2. The summed E-state index contributed by atoms with van der Waals surface area (Å²) in [4.78, 5) is 57.0. The van der Waals surface area contributed by atoms with Gasteiger partial charge in [0.1, 0.15) is 48.0 Å². The van der Waals surface area contributed by atoms with Crippen molar-refractivity contribution in [2.24, 2.45) is 0 Å². The second-order valence-corrected chi connectivity index (χ2v) is 27.5. The number of halogens is 1. The Morgan fingerprint density at radius 2 is 1.72 bits per heavy atom. The molecule has 4 aromatic heterocycles. The van der Waals surface area contributed by atoms with Gasteiger partial charge in [-0.1, -0.05) is 19.6 Å². The van der Waals surface area contributed by atoms with E-state index in [4.69, 9.17) is 61.7 Å². The Morgan fingerprint density at radius 3 is 2.48 bits per heavy atom. The molecule has 0 aromatic carbocycles. The Hall–Kier alpha value is -2.67. The van der Waals surface area contributed by atoms with Gasteiger partial charge in [-0.05, 0) is 67.3 Å². The number of ether oxygens (including phenoxy) is 3. The van der Waals surface area contributed by atoms with Crippen LogP contribution in [0.15, 0.2) is 18.9 Å². The number of carbonyl (C=O) groups excluding carboxylic acids is 1. The summed E-state index contributed by atoms with van der Waals surface area (Å²) in [6.07, 6.45) is -2.82. The lowest BCUT2D eigenvalue weighted by Gasteiger charge is -2.28. The number of alkyl halides is 1. The average Bonchev–Trinajstić information content (AvgIpc) is 3.88. The minimum Gasteiger partial charge on any atom is -0.466 e. The third-order valence-corrected chi connectivity index (χ3v) is 15.5. The van der Waals surface area contributed by atoms with Crippen LogP contribution >= 0.6 is 13.4 Å². The van der Waals surface area contributed by atoms with E-state index in [2.05, 4.69) is 49.9 Å². The summed E-state index contributed by atoms with van der Waals surface area (Å²) in [6.45, 7) is -2.39. The number of carbonyl (C=O) groups is 1. The lowest BCUT2D eigenvalue weighted by atomic mass is 10.1. The van der Waals surface area contributed by atoms with Crippen molar-refractivity contribution in [3.05, 3.63) is 30.1 Å². The van der Waals surface area contributed by atoms with Crippen molar-refractivity contribution in [3.63, 3.8) is 0 Å². The van der Waals surface area contributed by atoms with E-state index >= 15 is 4.39 Å². The van der Waals surface area contributed by atoms with Gasteiger partial charge < -0.3 is 53.8 Å². The van der Waals surface area contributed by atoms with Gasteiger partial charge >= 0.3 is 19.4 Å². The number of aromatic nitrogens is 7. The van der Waals surface area contributed by atoms with E-state index in [1.807, 2.05) is 6.20 Å². The highest BCUT2D eigenvalue weighted by Crippen LogP contribution is 2.54. The molecule has 7 heterocycles. The molecule has 2 bridgehead atoms. The van der Waals surface area contributed by atoms with Crippen molar-refractivity contribution in [1.29, 1.82) is 0 Å². The lowest BCUT2D eigenvalue weighted by molar-refractivity contribution is -0.143. The smallest absolute Gasteiger partial charge is 0.325 e. The van der Waals surface area contributed by atoms with Crippen molar-refractivity contribution in [3.8, 4) is 0 Å². The number of esters is 1. The maximum absolute atomic E-state index is 16.4. The van der Waals surface area contributed by atoms with E-state index in [0.29, 0.717) is 25.2 Å². The summed E-state index contributed by atoms with van der Waals surface area (Å²) in [5.74, 6) is -0.197. The van der Waals surface area contributed by atoms with Crippen LogP contribution in [0.5, 0.6) is 0 Å². The molecule has 3 aliphatic heterocycles. The number of rotatable bonds is 10. The highest BCUT2D eigenvalue weighted by Gasteiger charge is 2.53. The molecule has 4 aliphatic rings. The van der Waals surface area contributed by atoms with Crippen molar-refractivity contribution >= 4 is 85.1 Å². The third-order valence-electron chi connectivity index (χ3n) is 10.7. The quantitative estimate of drug-likeness (QED) is 0.0660. The summed E-state index contributed by atoms with van der Waals surface area (Å²) < 4.78 is 60.3. The van der Waals surface area contributed by atoms with Crippen LogP contribution in [0.1, 0.15) is 49.4 Å². The Balaban J connectivity index is 1.000. The molecule has 1 aliphatic carbocycles. The second-order valence-electron chi connectivity index (χ2n) is 16.3. The fraction of sp³-hybridized carbons (Fsp3) is 0.647. The highest BCUT2D eigenvalue weighted by atomic mass is 32.5. The van der Waals surface area contributed by atoms with E-state index in [-0.39, 0.29) is 35.3 Å². The Kier molecular flexibility index (Phi) is 12.8. The van der Waals surface area contributed by atoms with Crippen LogP contribution in [0.25, 0.3) is 22.2 Å². The molecular weight excluding hydrogens is 884 g/mol. The molecule has 60 heavy (non-hydrogen) atoms. The second kappa shape index (κ2) is 17.5. The fourth-order valence-corrected chi connectivity index (χ4v) is 11.2. The number of aryl methyl sites for hydroxylation is 2. The minimum atomic E-state index is -4.32. The molecule has 20 nitrogen and oxygen atoms in total. The zero-order chi connectivity index (χ0) is 42.6. The first-order valence-electron chi connectivity index (χ1n) is 19.6. The first-order chi connectivity index (χ1) is 28.5. The zero-order valence-electron chi connectivity index (χ0n) is 33.0. The van der Waals surface area contributed by atoms with Crippen LogP contribution < -0.4 is 11.1 Å². The number of fused-ring (bicyclic) bond motifs is 4. The number of nitrogens with one attached hydrogen (secondary N) is 1. The SMILES string of the molecule is C[Si](C)(C)CCOC(=O)CCCNc1nc(N)c2ncn([C@@H]3O[C@@H]4COP(O)(=S)O[C@H]5[C@@H](O)[C@H](n6cc7c8c(ncnc86)CCCC7)O[C@@H]5COP(O)(=S)O[C@@H]3[C@@H]4F)c2n1. The third kappa shape index (κ3) is 9.47. The van der Waals surface area contributed by atoms with Gasteiger partial charge in [-0.15, -0.1) is 0 Å². The van der Waals surface area contributed by atoms with Gasteiger partial charge in [0.25, 0.3) is 0 Å². The maximum Gasteiger partial charge on any atom is 0.325 e. The summed E-state index contributed by atoms with van der Waals surface area (Å²) in [5.41, 5.74) is 8.98. The molecular formula is C34H48FN9O11P2S2Si. The van der Waals surface area contributed by atoms with Crippen LogP contribution in [0.2, 0.25) is 25.7 Å². The molecule has 0 radical (unpaired) electrons. The standard InChI is InChI=1S/C34H48FN9O11P2S2Si/c1-60(2,3)12-11-49-22(45)9-6-10-37-34-41-29(36)25-31(42-34)44(17-40-25)33-28-24(35)20(52-33)14-50-56(47,58)54-27-21(15-51-57(48,59)55-28)53-32(26(27)46)43-13-18-7-4-5-8-19-23(18)30(43)39-16-38-19/h13,16-17,20-21,24,26-28,32-33,46H,4-12,14-15H2,1-3H3,(H,47,58)(H,48,59)(H3,36,37,41,42)/t20-,21-,24-,26-,27-,28-,32-,33-,56?,57?/m1/s1. The van der Waals surface area contributed by atoms with Crippen molar-refractivity contribution in [2.75, 3.05) is 37.4 Å². The van der Waals surface area contributed by atoms with Gasteiger partial charge in [0.15, 0.2) is 30.1 Å². The number of nitrogens with two attached hydrogens (primary N) is 1. The van der Waals surface area contributed by atoms with Crippen LogP contribution in [0.3, 0.4) is 0 Å². The Morgan fingerprint density at radius 1 is 1.00 bits per heavy atom. The van der Waals surface area contributed by atoms with E-state index in [1.54, 1.807) is 4.57 Å². The first kappa shape index (κ1) is 44.0. The van der Waals surface area contributed by atoms with E-state index < -0.39 is 83.9 Å². The van der Waals surface area contributed by atoms with Crippen LogP contribution in [0, 0.1) is 0 Å². The van der Waals surface area contributed by atoms with Gasteiger partial charge in [0.05, 0.1) is 31.8 Å². The van der Waals surface area contributed by atoms with Crippen molar-refractivity contribution in [2.45, 2.75) is 113 Å². The summed E-state index contributed by atoms with van der Waals surface area (Å²) in [7, 11) is -1.33. The maximum atomic E-state index is 16.4. The fourth-order valence-electron chi connectivity index (χ4n) is 7.67. The van der Waals surface area contributed by atoms with Gasteiger partial charge in [-0.25, -0.2) is 19.3 Å². The van der Waals surface area contributed by atoms with E-state index in [1.165, 1.54) is 17.2 Å². The predicted octanol–water partition coefficient (Wildman–Crippen LogP) is 3.55. The van der Waals surface area contributed by atoms with Crippen molar-refractivity contribution in [1.82, 2.24) is 34.1 Å². The van der Waals surface area contributed by atoms with Gasteiger partial charge in [-0.2, -0.15) is 9.97 Å². The van der Waals surface area contributed by atoms with Gasteiger partial charge in [0.2, 0.25) is 5.95 Å². The van der Waals surface area contributed by atoms with Crippen molar-refractivity contribution < 1.29 is 56.4 Å². The van der Waals surface area contributed by atoms with Crippen LogP contribution in [-0.2, 0) is 73.6 Å². The molecule has 328 valence electrons. The number of imidazole rings is 1. The Bertz CT molecular complexity index is 2340. The molecule has 8 rings (SSSR count). The van der Waals surface area contributed by atoms with Gasteiger partial charge in [0, 0.05) is 32.6 Å². The number of hydrogen-bond acceptors (Lipinski definition) is 18. The average molecular weight is 932 g/mol. The topological polar surface area (TPSA) is 255 Å².